The molecule has 2 heterocycles. The van der Waals surface area contributed by atoms with Crippen LogP contribution in [0.25, 0.3) is 11.3 Å². The minimum Gasteiger partial charge on any atom is -0.496 e. The van der Waals surface area contributed by atoms with Gasteiger partial charge in [0.2, 0.25) is 5.91 Å². The van der Waals surface area contributed by atoms with Crippen LogP contribution in [0.4, 0.5) is 0 Å². The molecule has 1 unspecified atom stereocenters. The Kier molecular flexibility index (Phi) is 6.53. The van der Waals surface area contributed by atoms with Crippen LogP contribution < -0.4 is 10.5 Å². The van der Waals surface area contributed by atoms with Crippen molar-refractivity contribution in [1.29, 1.82) is 0 Å². The molecule has 1 fully saturated rings. The molecule has 1 amide bonds. The Bertz CT molecular complexity index is 765. The van der Waals surface area contributed by atoms with Crippen LogP contribution in [0.5, 0.6) is 5.75 Å². The van der Waals surface area contributed by atoms with Crippen molar-refractivity contribution in [1.82, 2.24) is 4.90 Å². The highest BCUT2D eigenvalue weighted by Crippen LogP contribution is 2.32. The number of nitrogens with zero attached hydrogens (tertiary/aromatic N) is 1. The zero-order chi connectivity index (χ0) is 19.2. The van der Waals surface area contributed by atoms with Crippen LogP contribution in [0.2, 0.25) is 0 Å². The van der Waals surface area contributed by atoms with Crippen molar-refractivity contribution in [3.05, 3.63) is 41.7 Å². The van der Waals surface area contributed by atoms with Crippen LogP contribution in [0.1, 0.15) is 41.8 Å². The second kappa shape index (κ2) is 9.06. The number of hydrogen-bond acceptors (Lipinski definition) is 5. The average Bonchev–Trinajstić information content (AvgIpc) is 3.33. The third kappa shape index (κ3) is 5.11. The summed E-state index contributed by atoms with van der Waals surface area (Å²) in [6, 6.07) is 8.95. The first-order valence-corrected chi connectivity index (χ1v) is 9.44. The number of methoxy groups -OCH3 is 1. The molecule has 1 aromatic carbocycles. The SMILES string of the molecule is COc1ccc(C(N)=O)cc1-c1ccc(CN(C)CCCC2CCCO2)o1. The van der Waals surface area contributed by atoms with Gasteiger partial charge in [-0.05, 0) is 69.6 Å². The smallest absolute Gasteiger partial charge is 0.248 e. The summed E-state index contributed by atoms with van der Waals surface area (Å²) in [5, 5.41) is 0. The van der Waals surface area contributed by atoms with Gasteiger partial charge in [-0.3, -0.25) is 9.69 Å². The van der Waals surface area contributed by atoms with Crippen LogP contribution in [0.3, 0.4) is 0 Å². The number of amides is 1. The van der Waals surface area contributed by atoms with Crippen molar-refractivity contribution in [2.45, 2.75) is 38.3 Å². The third-order valence-corrected chi connectivity index (χ3v) is 4.93. The highest BCUT2D eigenvalue weighted by Gasteiger charge is 2.16. The van der Waals surface area contributed by atoms with Crippen molar-refractivity contribution < 1.29 is 18.7 Å². The van der Waals surface area contributed by atoms with E-state index in [0.717, 1.165) is 43.9 Å². The topological polar surface area (TPSA) is 77.9 Å². The van der Waals surface area contributed by atoms with Gasteiger partial charge in [0.15, 0.2) is 0 Å². The Balaban J connectivity index is 1.60. The van der Waals surface area contributed by atoms with Gasteiger partial charge in [0.05, 0.1) is 25.3 Å². The van der Waals surface area contributed by atoms with Gasteiger partial charge in [0.25, 0.3) is 0 Å². The van der Waals surface area contributed by atoms with Gasteiger partial charge < -0.3 is 19.6 Å². The Labute approximate surface area is 160 Å². The van der Waals surface area contributed by atoms with Gasteiger partial charge >= 0.3 is 0 Å². The van der Waals surface area contributed by atoms with E-state index in [1.165, 1.54) is 12.8 Å². The van der Waals surface area contributed by atoms with Gasteiger partial charge in [-0.15, -0.1) is 0 Å². The molecule has 1 aliphatic heterocycles. The van der Waals surface area contributed by atoms with E-state index in [9.17, 15) is 4.79 Å². The molecule has 1 atom stereocenters. The number of carbonyl (C=O) groups is 1. The molecule has 3 rings (SSSR count). The molecule has 146 valence electrons. The molecule has 0 bridgehead atoms. The van der Waals surface area contributed by atoms with Gasteiger partial charge in [-0.2, -0.15) is 0 Å². The first kappa shape index (κ1) is 19.5. The number of primary amides is 1. The summed E-state index contributed by atoms with van der Waals surface area (Å²) in [5.74, 6) is 1.70. The molecule has 1 saturated heterocycles. The van der Waals surface area contributed by atoms with E-state index < -0.39 is 5.91 Å². The predicted molar refractivity (Wildman–Crippen MR) is 104 cm³/mol. The van der Waals surface area contributed by atoms with Gasteiger partial charge in [0, 0.05) is 12.2 Å². The standard InChI is InChI=1S/C21H28N2O4/c1-23(11-3-5-16-6-4-12-26-16)14-17-8-10-20(27-17)18-13-15(21(22)24)7-9-19(18)25-2/h7-10,13,16H,3-6,11-12,14H2,1-2H3,(H2,22,24). The number of rotatable bonds is 9. The van der Waals surface area contributed by atoms with Crippen LogP contribution in [0, 0.1) is 0 Å². The van der Waals surface area contributed by atoms with E-state index in [1.54, 1.807) is 25.3 Å². The minimum atomic E-state index is -0.475. The molecule has 27 heavy (non-hydrogen) atoms. The fraction of sp³-hybridized carbons (Fsp3) is 0.476. The lowest BCUT2D eigenvalue weighted by Crippen LogP contribution is -2.20. The van der Waals surface area contributed by atoms with E-state index in [2.05, 4.69) is 11.9 Å². The lowest BCUT2D eigenvalue weighted by molar-refractivity contribution is 0.0991. The first-order chi connectivity index (χ1) is 13.1. The number of hydrogen-bond donors (Lipinski definition) is 1. The van der Waals surface area contributed by atoms with Crippen molar-refractivity contribution in [2.24, 2.45) is 5.73 Å². The van der Waals surface area contributed by atoms with Crippen molar-refractivity contribution in [3.8, 4) is 17.1 Å². The number of nitrogens with two attached hydrogens (primary N) is 1. The monoisotopic (exact) mass is 372 g/mol. The van der Waals surface area contributed by atoms with Crippen LogP contribution in [0.15, 0.2) is 34.7 Å². The molecule has 6 heteroatoms. The Morgan fingerprint density at radius 3 is 2.89 bits per heavy atom. The largest absolute Gasteiger partial charge is 0.496 e. The summed E-state index contributed by atoms with van der Waals surface area (Å²) >= 11 is 0. The number of furan rings is 1. The highest BCUT2D eigenvalue weighted by atomic mass is 16.5. The first-order valence-electron chi connectivity index (χ1n) is 9.44. The molecular formula is C21H28N2O4. The Hall–Kier alpha value is -2.31. The lowest BCUT2D eigenvalue weighted by atomic mass is 10.1. The minimum absolute atomic E-state index is 0.426. The van der Waals surface area contributed by atoms with Crippen LogP contribution in [-0.4, -0.2) is 44.2 Å². The van der Waals surface area contributed by atoms with E-state index in [-0.39, 0.29) is 0 Å². The molecule has 2 aromatic rings. The van der Waals surface area contributed by atoms with E-state index >= 15 is 0 Å². The molecule has 1 aromatic heterocycles. The predicted octanol–water partition coefficient (Wildman–Crippen LogP) is 3.45. The van der Waals surface area contributed by atoms with Crippen molar-refractivity contribution >= 4 is 5.91 Å². The van der Waals surface area contributed by atoms with E-state index in [4.69, 9.17) is 19.6 Å². The third-order valence-electron chi connectivity index (χ3n) is 4.93. The lowest BCUT2D eigenvalue weighted by Gasteiger charge is -2.16. The van der Waals surface area contributed by atoms with Crippen molar-refractivity contribution in [2.75, 3.05) is 27.3 Å². The summed E-state index contributed by atoms with van der Waals surface area (Å²) in [6.45, 7) is 2.63. The molecule has 6 nitrogen and oxygen atoms in total. The molecule has 2 N–H and O–H groups in total. The molecule has 0 spiro atoms. The molecule has 1 aliphatic rings. The zero-order valence-corrected chi connectivity index (χ0v) is 16.1. The highest BCUT2D eigenvalue weighted by molar-refractivity contribution is 5.94. The number of carbonyl (C=O) groups excluding carboxylic acids is 1. The van der Waals surface area contributed by atoms with Crippen molar-refractivity contribution in [3.63, 3.8) is 0 Å². The fourth-order valence-corrected chi connectivity index (χ4v) is 3.47. The van der Waals surface area contributed by atoms with Gasteiger partial charge in [-0.1, -0.05) is 0 Å². The Morgan fingerprint density at radius 2 is 2.19 bits per heavy atom. The summed E-state index contributed by atoms with van der Waals surface area (Å²) in [4.78, 5) is 13.7. The van der Waals surface area contributed by atoms with E-state index in [0.29, 0.717) is 23.2 Å². The summed E-state index contributed by atoms with van der Waals surface area (Å²) in [5.41, 5.74) is 6.54. The van der Waals surface area contributed by atoms with Gasteiger partial charge in [0.1, 0.15) is 17.3 Å². The maximum atomic E-state index is 11.5. The maximum absolute atomic E-state index is 11.5. The second-order valence-corrected chi connectivity index (χ2v) is 7.06. The quantitative estimate of drug-likeness (QED) is 0.729. The normalized spacial score (nSPS) is 16.8. The summed E-state index contributed by atoms with van der Waals surface area (Å²) in [7, 11) is 3.68. The Morgan fingerprint density at radius 1 is 1.33 bits per heavy atom. The summed E-state index contributed by atoms with van der Waals surface area (Å²) in [6.07, 6.45) is 5.06. The molecule has 0 radical (unpaired) electrons. The second-order valence-electron chi connectivity index (χ2n) is 7.06. The zero-order valence-electron chi connectivity index (χ0n) is 16.1. The van der Waals surface area contributed by atoms with Crippen LogP contribution >= 0.6 is 0 Å². The molecule has 0 saturated carbocycles. The van der Waals surface area contributed by atoms with E-state index in [1.807, 2.05) is 12.1 Å². The average molecular weight is 372 g/mol. The molecular weight excluding hydrogens is 344 g/mol. The fourth-order valence-electron chi connectivity index (χ4n) is 3.47. The maximum Gasteiger partial charge on any atom is 0.248 e. The molecule has 0 aliphatic carbocycles. The number of benzene rings is 1. The van der Waals surface area contributed by atoms with Gasteiger partial charge in [-0.25, -0.2) is 0 Å². The summed E-state index contributed by atoms with van der Waals surface area (Å²) < 4.78 is 17.1. The van der Waals surface area contributed by atoms with Crippen LogP contribution in [-0.2, 0) is 11.3 Å². The number of ether oxygens (including phenoxy) is 2.